The molecule has 31 heavy (non-hydrogen) atoms. The summed E-state index contributed by atoms with van der Waals surface area (Å²) >= 11 is 12.4. The molecular formula is C24H30Cl2O4S. The second kappa shape index (κ2) is 9.62. The first-order valence-electron chi connectivity index (χ1n) is 10.2. The summed E-state index contributed by atoms with van der Waals surface area (Å²) < 4.78 is 25.9. The molecule has 4 nitrogen and oxygen atoms in total. The summed E-state index contributed by atoms with van der Waals surface area (Å²) in [6, 6.07) is 7.89. The highest BCUT2D eigenvalue weighted by Crippen LogP contribution is 2.32. The third-order valence-electron chi connectivity index (χ3n) is 5.19. The fourth-order valence-corrected chi connectivity index (χ4v) is 5.39. The number of aliphatic hydroxyl groups is 1. The number of carbonyl (C=O) groups is 1. The molecule has 2 rings (SSSR count). The van der Waals surface area contributed by atoms with Gasteiger partial charge in [0.15, 0.2) is 15.6 Å². The van der Waals surface area contributed by atoms with Crippen molar-refractivity contribution in [3.8, 4) is 0 Å². The van der Waals surface area contributed by atoms with E-state index in [1.54, 1.807) is 13.8 Å². The minimum atomic E-state index is -3.93. The van der Waals surface area contributed by atoms with Gasteiger partial charge in [0.25, 0.3) is 0 Å². The number of carbonyl (C=O) groups excluding carboxylic acids is 1. The first-order chi connectivity index (χ1) is 14.1. The molecule has 2 aromatic carbocycles. The summed E-state index contributed by atoms with van der Waals surface area (Å²) in [5.74, 6) is -0.775. The lowest BCUT2D eigenvalue weighted by Gasteiger charge is -2.20. The number of halogens is 2. The number of hydrogen-bond donors (Lipinski definition) is 1. The highest BCUT2D eigenvalue weighted by atomic mass is 35.5. The Balaban J connectivity index is 2.40. The largest absolute Gasteiger partial charge is 0.386 e. The van der Waals surface area contributed by atoms with E-state index in [9.17, 15) is 18.3 Å². The Morgan fingerprint density at radius 1 is 0.935 bits per heavy atom. The van der Waals surface area contributed by atoms with E-state index in [1.807, 2.05) is 39.8 Å². The van der Waals surface area contributed by atoms with Crippen molar-refractivity contribution in [2.24, 2.45) is 0 Å². The molecule has 0 unspecified atom stereocenters. The predicted octanol–water partition coefficient (Wildman–Crippen LogP) is 6.05. The average molecular weight is 485 g/mol. The van der Waals surface area contributed by atoms with Crippen LogP contribution in [0.3, 0.4) is 0 Å². The maximum absolute atomic E-state index is 13.0. The Hall–Kier alpha value is -1.40. The monoisotopic (exact) mass is 484 g/mol. The zero-order valence-electron chi connectivity index (χ0n) is 18.8. The van der Waals surface area contributed by atoms with Crippen molar-refractivity contribution in [2.45, 2.75) is 70.3 Å². The smallest absolute Gasteiger partial charge is 0.185 e. The minimum Gasteiger partial charge on any atom is -0.386 e. The molecule has 0 amide bonds. The molecule has 0 heterocycles. The van der Waals surface area contributed by atoms with Gasteiger partial charge in [0.05, 0.1) is 10.5 Å². The summed E-state index contributed by atoms with van der Waals surface area (Å²) in [6.07, 6.45) is 0.0103. The third-order valence-corrected chi connectivity index (χ3v) is 7.28. The van der Waals surface area contributed by atoms with Crippen LogP contribution in [0, 0.1) is 0 Å². The van der Waals surface area contributed by atoms with Gasteiger partial charge < -0.3 is 5.11 Å². The second-order valence-corrected chi connectivity index (χ2v) is 11.9. The van der Waals surface area contributed by atoms with Crippen LogP contribution in [0.25, 0.3) is 0 Å². The lowest BCUT2D eigenvalue weighted by Crippen LogP contribution is -2.21. The first-order valence-corrected chi connectivity index (χ1v) is 12.6. The zero-order valence-corrected chi connectivity index (χ0v) is 21.1. The van der Waals surface area contributed by atoms with Gasteiger partial charge in [-0.2, -0.15) is 0 Å². The van der Waals surface area contributed by atoms with Crippen LogP contribution in [0.1, 0.15) is 75.6 Å². The van der Waals surface area contributed by atoms with E-state index in [4.69, 9.17) is 23.2 Å². The maximum atomic E-state index is 13.0. The molecule has 170 valence electrons. The lowest BCUT2D eigenvalue weighted by molar-refractivity contribution is -0.116. The molecule has 0 saturated carbocycles. The van der Waals surface area contributed by atoms with E-state index < -0.39 is 27.0 Å². The van der Waals surface area contributed by atoms with Crippen molar-refractivity contribution in [2.75, 3.05) is 5.75 Å². The van der Waals surface area contributed by atoms with Crippen LogP contribution in [0.4, 0.5) is 0 Å². The fourth-order valence-electron chi connectivity index (χ4n) is 3.55. The number of Topliss-reactive ketones (excluding diaryl/α,β-unsaturated/α-hetero) is 1. The molecule has 2 aromatic rings. The lowest BCUT2D eigenvalue weighted by atomic mass is 9.86. The number of benzene rings is 2. The number of sulfone groups is 1. The van der Waals surface area contributed by atoms with Crippen molar-refractivity contribution in [1.82, 2.24) is 0 Å². The Morgan fingerprint density at radius 2 is 1.42 bits per heavy atom. The summed E-state index contributed by atoms with van der Waals surface area (Å²) in [6.45, 7) is 11.2. The highest BCUT2D eigenvalue weighted by Gasteiger charge is 2.26. The van der Waals surface area contributed by atoms with Crippen LogP contribution < -0.4 is 0 Å². The van der Waals surface area contributed by atoms with Crippen LogP contribution in [-0.2, 0) is 26.7 Å². The maximum Gasteiger partial charge on any atom is 0.185 e. The van der Waals surface area contributed by atoms with Crippen molar-refractivity contribution in [3.63, 3.8) is 0 Å². The Labute approximate surface area is 195 Å². The van der Waals surface area contributed by atoms with Gasteiger partial charge in [0.1, 0.15) is 5.75 Å². The average Bonchev–Trinajstić information content (AvgIpc) is 2.60. The molecule has 0 aromatic heterocycles. The molecule has 0 radical (unpaired) electrons. The molecular weight excluding hydrogens is 455 g/mol. The third kappa shape index (κ3) is 6.55. The van der Waals surface area contributed by atoms with Gasteiger partial charge in [-0.1, -0.05) is 50.9 Å². The van der Waals surface area contributed by atoms with Gasteiger partial charge in [-0.25, -0.2) is 8.42 Å². The number of hydrogen-bond acceptors (Lipinski definition) is 4. The van der Waals surface area contributed by atoms with E-state index in [0.29, 0.717) is 10.6 Å². The van der Waals surface area contributed by atoms with E-state index in [1.165, 1.54) is 18.2 Å². The Kier molecular flexibility index (Phi) is 8.02. The Morgan fingerprint density at radius 3 is 1.87 bits per heavy atom. The molecule has 0 aliphatic heterocycles. The fraction of sp³-hybridized carbons (Fsp3) is 0.458. The number of rotatable bonds is 8. The molecule has 0 aliphatic carbocycles. The normalized spacial score (nSPS) is 12.6. The van der Waals surface area contributed by atoms with Crippen molar-refractivity contribution < 1.29 is 18.3 Å². The Bertz CT molecular complexity index is 1050. The van der Waals surface area contributed by atoms with E-state index in [0.717, 1.165) is 16.7 Å². The van der Waals surface area contributed by atoms with Crippen LogP contribution in [0.15, 0.2) is 35.2 Å². The first kappa shape index (κ1) is 25.9. The summed E-state index contributed by atoms with van der Waals surface area (Å²) in [7, 11) is -3.93. The zero-order chi connectivity index (χ0) is 23.7. The molecule has 1 N–H and O–H groups in total. The quantitative estimate of drug-likeness (QED) is 0.494. The highest BCUT2D eigenvalue weighted by molar-refractivity contribution is 7.92. The van der Waals surface area contributed by atoms with Gasteiger partial charge in [-0.05, 0) is 78.3 Å². The summed E-state index contributed by atoms with van der Waals surface area (Å²) in [5.41, 5.74) is 1.86. The molecule has 0 fully saturated rings. The molecule has 0 spiro atoms. The molecule has 0 aliphatic rings. The topological polar surface area (TPSA) is 71.4 Å². The standard InChI is InChI=1S/C24H30Cl2O4S/c1-14(2)21-10-18(26)11-22(15(3)4)23(21)12-19(27)13-31(29,30)20-8-16(24(5,6)28)7-17(25)9-20/h7-11,14-15,28H,12-13H2,1-6H3. The van der Waals surface area contributed by atoms with E-state index in [2.05, 4.69) is 0 Å². The van der Waals surface area contributed by atoms with Gasteiger partial charge in [0, 0.05) is 16.5 Å². The van der Waals surface area contributed by atoms with Crippen molar-refractivity contribution >= 4 is 38.8 Å². The minimum absolute atomic E-state index is 0.0103. The molecule has 0 saturated heterocycles. The van der Waals surface area contributed by atoms with Gasteiger partial charge in [-0.15, -0.1) is 0 Å². The van der Waals surface area contributed by atoms with Crippen LogP contribution in [0.5, 0.6) is 0 Å². The van der Waals surface area contributed by atoms with Gasteiger partial charge in [-0.3, -0.25) is 4.79 Å². The second-order valence-electron chi connectivity index (χ2n) is 9.08. The SMILES string of the molecule is CC(C)c1cc(Cl)cc(C(C)C)c1CC(=O)CS(=O)(=O)c1cc(Cl)cc(C(C)(C)O)c1. The van der Waals surface area contributed by atoms with Gasteiger partial charge >= 0.3 is 0 Å². The van der Waals surface area contributed by atoms with Gasteiger partial charge in [0.2, 0.25) is 0 Å². The van der Waals surface area contributed by atoms with E-state index >= 15 is 0 Å². The van der Waals surface area contributed by atoms with Crippen LogP contribution >= 0.6 is 23.2 Å². The van der Waals surface area contributed by atoms with Crippen molar-refractivity contribution in [3.05, 3.63) is 62.6 Å². The van der Waals surface area contributed by atoms with Crippen LogP contribution in [0.2, 0.25) is 10.0 Å². The number of ketones is 1. The van der Waals surface area contributed by atoms with Crippen LogP contribution in [-0.4, -0.2) is 25.1 Å². The van der Waals surface area contributed by atoms with Crippen molar-refractivity contribution in [1.29, 1.82) is 0 Å². The summed E-state index contributed by atoms with van der Waals surface area (Å²) in [5, 5.41) is 11.0. The molecule has 7 heteroatoms. The molecule has 0 bridgehead atoms. The summed E-state index contributed by atoms with van der Waals surface area (Å²) in [4.78, 5) is 12.8. The molecule has 0 atom stereocenters. The predicted molar refractivity (Wildman–Crippen MR) is 127 cm³/mol. The van der Waals surface area contributed by atoms with E-state index in [-0.39, 0.29) is 28.2 Å².